The SMILES string of the molecule is CC/C=C\C/C=C\C/C=C\C/C=C\C/C=C\CCCC(=O)OC(COCCCCCC/C=C\C/C=C\C/C=C\CC)COC(=O)CCCCCCCC/C=C\C/C=C\C/C=C\C/C=C\CC. The van der Waals surface area contributed by atoms with Crippen LogP contribution in [0.2, 0.25) is 0 Å². The van der Waals surface area contributed by atoms with Crippen LogP contribution in [0.1, 0.15) is 201 Å². The van der Waals surface area contributed by atoms with E-state index in [1.165, 1.54) is 25.7 Å². The normalized spacial score (nSPS) is 13.4. The molecular weight excluding hydrogens is 813 g/mol. The molecule has 5 heteroatoms. The number of carbonyl (C=O) groups excluding carboxylic acids is 2. The molecule has 0 aliphatic heterocycles. The van der Waals surface area contributed by atoms with Crippen molar-refractivity contribution < 1.29 is 23.8 Å². The van der Waals surface area contributed by atoms with Crippen molar-refractivity contribution in [3.05, 3.63) is 146 Å². The van der Waals surface area contributed by atoms with Gasteiger partial charge in [0.25, 0.3) is 0 Å². The van der Waals surface area contributed by atoms with Crippen molar-refractivity contribution in [2.75, 3.05) is 19.8 Å². The van der Waals surface area contributed by atoms with E-state index in [-0.39, 0.29) is 25.2 Å². The van der Waals surface area contributed by atoms with E-state index in [9.17, 15) is 9.59 Å². The average molecular weight is 909 g/mol. The van der Waals surface area contributed by atoms with E-state index in [1.807, 2.05) is 0 Å². The Balaban J connectivity index is 4.45. The van der Waals surface area contributed by atoms with Crippen LogP contribution in [0.25, 0.3) is 0 Å². The molecule has 0 saturated carbocycles. The highest BCUT2D eigenvalue weighted by atomic mass is 16.6. The van der Waals surface area contributed by atoms with Crippen LogP contribution in [-0.2, 0) is 23.8 Å². The lowest BCUT2D eigenvalue weighted by Gasteiger charge is -2.18. The number of esters is 2. The van der Waals surface area contributed by atoms with Gasteiger partial charge < -0.3 is 14.2 Å². The maximum absolute atomic E-state index is 12.8. The van der Waals surface area contributed by atoms with E-state index >= 15 is 0 Å². The monoisotopic (exact) mass is 909 g/mol. The van der Waals surface area contributed by atoms with E-state index in [4.69, 9.17) is 14.2 Å². The minimum Gasteiger partial charge on any atom is -0.462 e. The molecule has 0 spiro atoms. The Morgan fingerprint density at radius 2 is 0.652 bits per heavy atom. The average Bonchev–Trinajstić information content (AvgIpc) is 3.32. The number of allylic oxidation sites excluding steroid dienone is 24. The van der Waals surface area contributed by atoms with Gasteiger partial charge in [0.1, 0.15) is 6.61 Å². The molecule has 0 amide bonds. The zero-order valence-electron chi connectivity index (χ0n) is 42.4. The first-order valence-electron chi connectivity index (χ1n) is 26.4. The molecule has 0 radical (unpaired) electrons. The number of ether oxygens (including phenoxy) is 3. The van der Waals surface area contributed by atoms with Crippen molar-refractivity contribution in [1.82, 2.24) is 0 Å². The van der Waals surface area contributed by atoms with Crippen molar-refractivity contribution in [3.8, 4) is 0 Å². The first kappa shape index (κ1) is 61.8. The molecule has 66 heavy (non-hydrogen) atoms. The quantitative estimate of drug-likeness (QED) is 0.0346. The summed E-state index contributed by atoms with van der Waals surface area (Å²) in [5, 5.41) is 0. The fourth-order valence-corrected chi connectivity index (χ4v) is 6.55. The Morgan fingerprint density at radius 1 is 0.333 bits per heavy atom. The van der Waals surface area contributed by atoms with Crippen molar-refractivity contribution in [1.29, 1.82) is 0 Å². The topological polar surface area (TPSA) is 61.8 Å². The molecule has 0 fully saturated rings. The van der Waals surface area contributed by atoms with E-state index in [1.54, 1.807) is 0 Å². The van der Waals surface area contributed by atoms with Gasteiger partial charge >= 0.3 is 11.9 Å². The molecule has 0 aromatic heterocycles. The van der Waals surface area contributed by atoms with Crippen LogP contribution in [0.5, 0.6) is 0 Å². The lowest BCUT2D eigenvalue weighted by atomic mass is 10.1. The summed E-state index contributed by atoms with van der Waals surface area (Å²) in [6.07, 6.45) is 80.1. The third kappa shape index (κ3) is 52.4. The maximum atomic E-state index is 12.8. The summed E-state index contributed by atoms with van der Waals surface area (Å²) in [4.78, 5) is 25.4. The standard InChI is InChI=1S/C61H96O5/c1-4-7-10-13-16-19-22-25-28-30-31-33-34-36-39-42-45-48-51-54-60(62)65-58-59(57-64-56-53-50-47-44-41-38-27-24-21-18-15-12-9-6-3)66-61(63)55-52-49-46-43-40-37-35-32-29-26-23-20-17-14-11-8-5-2/h7-12,16-21,25-29,31,33,35,37-38,43,46,59H,4-6,13-15,22-24,30,32,34,36,39-42,44-45,47-58H2,1-3H3/b10-7-,11-8-,12-9-,19-16-,20-17-,21-18-,28-25-,29-26-,33-31-,37-35-,38-27-,46-43-. The highest BCUT2D eigenvalue weighted by Crippen LogP contribution is 2.12. The highest BCUT2D eigenvalue weighted by Gasteiger charge is 2.17. The zero-order chi connectivity index (χ0) is 47.7. The molecule has 0 saturated heterocycles. The van der Waals surface area contributed by atoms with Gasteiger partial charge in [-0.25, -0.2) is 0 Å². The van der Waals surface area contributed by atoms with E-state index in [0.717, 1.165) is 135 Å². The summed E-state index contributed by atoms with van der Waals surface area (Å²) in [5.41, 5.74) is 0. The van der Waals surface area contributed by atoms with Crippen LogP contribution in [0.4, 0.5) is 0 Å². The lowest BCUT2D eigenvalue weighted by Crippen LogP contribution is -2.30. The van der Waals surface area contributed by atoms with Crippen LogP contribution >= 0.6 is 0 Å². The Bertz CT molecular complexity index is 1450. The van der Waals surface area contributed by atoms with Crippen LogP contribution in [0, 0.1) is 0 Å². The van der Waals surface area contributed by atoms with E-state index < -0.39 is 6.10 Å². The molecule has 0 aliphatic carbocycles. The van der Waals surface area contributed by atoms with E-state index in [0.29, 0.717) is 25.9 Å². The largest absolute Gasteiger partial charge is 0.462 e. The van der Waals surface area contributed by atoms with Gasteiger partial charge in [-0.1, -0.05) is 205 Å². The number of unbranched alkanes of at least 4 members (excludes halogenated alkanes) is 11. The zero-order valence-corrected chi connectivity index (χ0v) is 42.4. The van der Waals surface area contributed by atoms with Crippen molar-refractivity contribution in [2.24, 2.45) is 0 Å². The first-order valence-corrected chi connectivity index (χ1v) is 26.4. The molecule has 0 aromatic carbocycles. The van der Waals surface area contributed by atoms with Gasteiger partial charge in [0.2, 0.25) is 0 Å². The Hall–Kier alpha value is -4.22. The minimum absolute atomic E-state index is 0.0353. The van der Waals surface area contributed by atoms with Gasteiger partial charge in [-0.2, -0.15) is 0 Å². The molecule has 1 atom stereocenters. The number of hydrogen-bond acceptors (Lipinski definition) is 5. The van der Waals surface area contributed by atoms with Gasteiger partial charge in [0, 0.05) is 19.4 Å². The molecule has 0 bridgehead atoms. The molecule has 0 aliphatic rings. The molecule has 0 rings (SSSR count). The predicted octanol–water partition coefficient (Wildman–Crippen LogP) is 18.1. The summed E-state index contributed by atoms with van der Waals surface area (Å²) < 4.78 is 17.3. The molecule has 0 N–H and O–H groups in total. The minimum atomic E-state index is -0.595. The predicted molar refractivity (Wildman–Crippen MR) is 288 cm³/mol. The Morgan fingerprint density at radius 3 is 1.06 bits per heavy atom. The summed E-state index contributed by atoms with van der Waals surface area (Å²) in [6.45, 7) is 7.34. The Labute approximate surface area is 406 Å². The summed E-state index contributed by atoms with van der Waals surface area (Å²) >= 11 is 0. The van der Waals surface area contributed by atoms with Crippen LogP contribution < -0.4 is 0 Å². The lowest BCUT2D eigenvalue weighted by molar-refractivity contribution is -0.162. The van der Waals surface area contributed by atoms with Crippen LogP contribution in [0.3, 0.4) is 0 Å². The summed E-state index contributed by atoms with van der Waals surface area (Å²) in [5.74, 6) is -0.506. The summed E-state index contributed by atoms with van der Waals surface area (Å²) in [7, 11) is 0. The Kier molecular flexibility index (Phi) is 51.6. The van der Waals surface area contributed by atoms with Crippen LogP contribution in [-0.4, -0.2) is 37.9 Å². The van der Waals surface area contributed by atoms with Gasteiger partial charge in [0.05, 0.1) is 6.61 Å². The van der Waals surface area contributed by atoms with Gasteiger partial charge in [-0.05, 0) is 128 Å². The first-order chi connectivity index (χ1) is 32.6. The van der Waals surface area contributed by atoms with Gasteiger partial charge in [0.15, 0.2) is 6.10 Å². The molecule has 5 nitrogen and oxygen atoms in total. The molecule has 1 unspecified atom stereocenters. The highest BCUT2D eigenvalue weighted by molar-refractivity contribution is 5.70. The smallest absolute Gasteiger partial charge is 0.306 e. The molecule has 0 aromatic rings. The number of rotatable bonds is 46. The third-order valence-electron chi connectivity index (χ3n) is 10.4. The fraction of sp³-hybridized carbons (Fsp3) is 0.574. The van der Waals surface area contributed by atoms with Crippen molar-refractivity contribution in [2.45, 2.75) is 207 Å². The van der Waals surface area contributed by atoms with Crippen molar-refractivity contribution >= 4 is 11.9 Å². The number of hydrogen-bond donors (Lipinski definition) is 0. The van der Waals surface area contributed by atoms with E-state index in [2.05, 4.69) is 167 Å². The second kappa shape index (κ2) is 55.1. The second-order valence-electron chi connectivity index (χ2n) is 16.6. The molecule has 0 heterocycles. The summed E-state index contributed by atoms with van der Waals surface area (Å²) in [6, 6.07) is 0. The molecule has 370 valence electrons. The maximum Gasteiger partial charge on any atom is 0.306 e. The number of carbonyl (C=O) groups is 2. The third-order valence-corrected chi connectivity index (χ3v) is 10.4. The van der Waals surface area contributed by atoms with Crippen molar-refractivity contribution in [3.63, 3.8) is 0 Å². The fourth-order valence-electron chi connectivity index (χ4n) is 6.55. The molecular formula is C61H96O5. The van der Waals surface area contributed by atoms with Crippen LogP contribution in [0.15, 0.2) is 146 Å². The second-order valence-corrected chi connectivity index (χ2v) is 16.6. The van der Waals surface area contributed by atoms with Gasteiger partial charge in [-0.15, -0.1) is 0 Å². The van der Waals surface area contributed by atoms with Gasteiger partial charge in [-0.3, -0.25) is 9.59 Å².